The molecule has 0 aliphatic carbocycles. The monoisotopic (exact) mass is 676 g/mol. The zero-order valence-corrected chi connectivity index (χ0v) is 27.7. The molecule has 3 nitrogen and oxygen atoms in total. The third kappa shape index (κ3) is 4.42. The van der Waals surface area contributed by atoms with Gasteiger partial charge in [-0.1, -0.05) is 0 Å². The third-order valence-corrected chi connectivity index (χ3v) is 18.9. The van der Waals surface area contributed by atoms with Crippen LogP contribution in [0.3, 0.4) is 0 Å². The fourth-order valence-corrected chi connectivity index (χ4v) is 16.1. The molecule has 6 aromatic carbocycles. The molecule has 8 rings (SSSR count). The van der Waals surface area contributed by atoms with Crippen molar-refractivity contribution in [3.8, 4) is 11.3 Å². The maximum atomic E-state index is 6.89. The molecule has 7 aromatic rings. The van der Waals surface area contributed by atoms with E-state index in [9.17, 15) is 0 Å². The predicted octanol–water partition coefficient (Wildman–Crippen LogP) is 10.2. The van der Waals surface area contributed by atoms with Crippen molar-refractivity contribution in [2.24, 2.45) is 0 Å². The Morgan fingerprint density at radius 1 is 0.455 bits per heavy atom. The molecule has 2 heterocycles. The van der Waals surface area contributed by atoms with Gasteiger partial charge in [-0.25, -0.2) is 0 Å². The van der Waals surface area contributed by atoms with Gasteiger partial charge in [-0.15, -0.1) is 0 Å². The van der Waals surface area contributed by atoms with E-state index >= 15 is 0 Å². The molecule has 4 heteroatoms. The van der Waals surface area contributed by atoms with Crippen molar-refractivity contribution in [3.05, 3.63) is 158 Å². The van der Waals surface area contributed by atoms with Crippen molar-refractivity contribution in [3.63, 3.8) is 0 Å². The van der Waals surface area contributed by atoms with E-state index in [4.69, 9.17) is 4.42 Å². The van der Waals surface area contributed by atoms with Crippen molar-refractivity contribution < 1.29 is 4.42 Å². The summed E-state index contributed by atoms with van der Waals surface area (Å²) in [5.41, 5.74) is 8.93. The standard InChI is InChI=1S/C38H26N2O.2CH3.Sn/c1-5-15-31(16-6-1)39(32-17-7-2-8-18-32)35-23-13-14-29(26-35)37-27-30-24-25-36(28-38(30)41-37)40(33-19-9-3-10-20-33)34-21-11-4-12-22-34;;;/h1-13,15-26,28H;2*1H3;. The van der Waals surface area contributed by atoms with Crippen LogP contribution in [0.25, 0.3) is 22.3 Å². The van der Waals surface area contributed by atoms with Crippen molar-refractivity contribution in [2.75, 3.05) is 9.80 Å². The van der Waals surface area contributed by atoms with Crippen LogP contribution in [0.15, 0.2) is 162 Å². The Morgan fingerprint density at radius 2 is 0.886 bits per heavy atom. The molecular formula is C40H32N2OSn. The number of fused-ring (bicyclic) bond motifs is 5. The second kappa shape index (κ2) is 10.8. The Bertz CT molecular complexity index is 2010. The Morgan fingerprint density at radius 3 is 1.36 bits per heavy atom. The molecule has 1 aliphatic heterocycles. The first-order valence-electron chi connectivity index (χ1n) is 15.1. The van der Waals surface area contributed by atoms with Crippen LogP contribution in [0.1, 0.15) is 0 Å². The summed E-state index contributed by atoms with van der Waals surface area (Å²) in [5, 5.41) is 1.26. The minimum atomic E-state index is -2.94. The van der Waals surface area contributed by atoms with Crippen molar-refractivity contribution in [2.45, 2.75) is 9.88 Å². The zero-order chi connectivity index (χ0) is 29.7. The van der Waals surface area contributed by atoms with E-state index in [1.165, 1.54) is 18.1 Å². The Balaban J connectivity index is 1.28. The number of nitrogens with zero attached hydrogens (tertiary/aromatic N) is 2. The third-order valence-electron chi connectivity index (χ3n) is 8.79. The van der Waals surface area contributed by atoms with Gasteiger partial charge in [-0.05, 0) is 0 Å². The zero-order valence-electron chi connectivity index (χ0n) is 24.8. The van der Waals surface area contributed by atoms with Gasteiger partial charge in [0.2, 0.25) is 0 Å². The molecule has 1 aromatic heterocycles. The average Bonchev–Trinajstić information content (AvgIpc) is 3.56. The molecule has 0 N–H and O–H groups in total. The topological polar surface area (TPSA) is 19.6 Å². The van der Waals surface area contributed by atoms with Gasteiger partial charge >= 0.3 is 264 Å². The number of furan rings is 1. The van der Waals surface area contributed by atoms with Gasteiger partial charge in [0.25, 0.3) is 0 Å². The first-order valence-corrected chi connectivity index (χ1v) is 23.7. The van der Waals surface area contributed by atoms with E-state index in [0.717, 1.165) is 45.5 Å². The van der Waals surface area contributed by atoms with Gasteiger partial charge in [-0.2, -0.15) is 0 Å². The fourth-order valence-electron chi connectivity index (χ4n) is 6.78. The maximum absolute atomic E-state index is 6.89. The SMILES string of the molecule is [CH3][Sn]1([CH3])[c]2ccc(N(c3ccccc3)c3ccccc3)cc2-c2oc3cc(N(c4ccccc4)c4ccccc4)ccc3[c]21. The number of benzene rings is 6. The molecule has 0 atom stereocenters. The second-order valence-corrected chi connectivity index (χ2v) is 24.1. The van der Waals surface area contributed by atoms with Crippen LogP contribution < -0.4 is 17.0 Å². The predicted molar refractivity (Wildman–Crippen MR) is 188 cm³/mol. The molecule has 0 saturated carbocycles. The molecule has 1 aliphatic rings. The molecule has 0 fully saturated rings. The van der Waals surface area contributed by atoms with Crippen LogP contribution in [-0.4, -0.2) is 18.4 Å². The summed E-state index contributed by atoms with van der Waals surface area (Å²) in [6, 6.07) is 56.1. The Kier molecular flexibility index (Phi) is 6.57. The molecule has 0 saturated heterocycles. The molecule has 0 spiro atoms. The first-order chi connectivity index (χ1) is 21.6. The second-order valence-electron chi connectivity index (χ2n) is 11.9. The summed E-state index contributed by atoms with van der Waals surface area (Å²) >= 11 is -2.94. The molecule has 0 bridgehead atoms. The van der Waals surface area contributed by atoms with E-state index in [1.54, 1.807) is 0 Å². The van der Waals surface area contributed by atoms with Gasteiger partial charge in [0.05, 0.1) is 0 Å². The van der Waals surface area contributed by atoms with Crippen molar-refractivity contribution in [1.29, 1.82) is 0 Å². The quantitative estimate of drug-likeness (QED) is 0.164. The van der Waals surface area contributed by atoms with Gasteiger partial charge in [0.15, 0.2) is 0 Å². The summed E-state index contributed by atoms with van der Waals surface area (Å²) in [7, 11) is 0. The van der Waals surface area contributed by atoms with E-state index in [-0.39, 0.29) is 0 Å². The number of rotatable bonds is 6. The summed E-state index contributed by atoms with van der Waals surface area (Å²) in [4.78, 5) is 9.67. The van der Waals surface area contributed by atoms with Crippen LogP contribution in [0, 0.1) is 0 Å². The molecular weight excluding hydrogens is 643 g/mol. The average molecular weight is 675 g/mol. The van der Waals surface area contributed by atoms with E-state index in [0.29, 0.717) is 0 Å². The summed E-state index contributed by atoms with van der Waals surface area (Å²) in [6.07, 6.45) is 0. The summed E-state index contributed by atoms with van der Waals surface area (Å²) in [5.74, 6) is 1.06. The van der Waals surface area contributed by atoms with Crippen molar-refractivity contribution >= 4 is 70.6 Å². The van der Waals surface area contributed by atoms with E-state index in [1.807, 2.05) is 0 Å². The minimum absolute atomic E-state index is 0.952. The number of hydrogen-bond acceptors (Lipinski definition) is 3. The van der Waals surface area contributed by atoms with E-state index < -0.39 is 18.4 Å². The molecule has 212 valence electrons. The number of para-hydroxylation sites is 4. The van der Waals surface area contributed by atoms with Crippen LogP contribution in [0.2, 0.25) is 9.88 Å². The van der Waals surface area contributed by atoms with Gasteiger partial charge in [0, 0.05) is 0 Å². The van der Waals surface area contributed by atoms with Crippen LogP contribution in [0.4, 0.5) is 34.1 Å². The fraction of sp³-hybridized carbons (Fsp3) is 0.0500. The molecule has 44 heavy (non-hydrogen) atoms. The van der Waals surface area contributed by atoms with Gasteiger partial charge in [0.1, 0.15) is 0 Å². The Labute approximate surface area is 262 Å². The van der Waals surface area contributed by atoms with Crippen LogP contribution in [-0.2, 0) is 0 Å². The normalized spacial score (nSPS) is 13.0. The molecule has 0 radical (unpaired) electrons. The Hall–Kier alpha value is -4.74. The summed E-state index contributed by atoms with van der Waals surface area (Å²) in [6.45, 7) is 0. The first kappa shape index (κ1) is 26.9. The van der Waals surface area contributed by atoms with E-state index in [2.05, 4.69) is 177 Å². The number of anilines is 6. The van der Waals surface area contributed by atoms with Crippen LogP contribution >= 0.6 is 0 Å². The number of hydrogen-bond donors (Lipinski definition) is 0. The van der Waals surface area contributed by atoms with Gasteiger partial charge in [-0.3, -0.25) is 0 Å². The van der Waals surface area contributed by atoms with Gasteiger partial charge < -0.3 is 0 Å². The summed E-state index contributed by atoms with van der Waals surface area (Å²) < 4.78 is 9.85. The molecule has 0 amide bonds. The van der Waals surface area contributed by atoms with Crippen molar-refractivity contribution in [1.82, 2.24) is 0 Å². The molecule has 0 unspecified atom stereocenters. The van der Waals surface area contributed by atoms with Crippen LogP contribution in [0.5, 0.6) is 0 Å².